The summed E-state index contributed by atoms with van der Waals surface area (Å²) in [6.45, 7) is 4.03. The van der Waals surface area contributed by atoms with Gasteiger partial charge in [-0.3, -0.25) is 4.79 Å². The van der Waals surface area contributed by atoms with Gasteiger partial charge in [-0.1, -0.05) is 13.8 Å². The van der Waals surface area contributed by atoms with Crippen LogP contribution in [0.25, 0.3) is 5.69 Å². The molecular formula is C16H20FN3O3. The molecule has 1 unspecified atom stereocenters. The molecule has 6 nitrogen and oxygen atoms in total. The Hall–Kier alpha value is -2.41. The van der Waals surface area contributed by atoms with E-state index in [1.54, 1.807) is 0 Å². The number of rotatable bonds is 6. The summed E-state index contributed by atoms with van der Waals surface area (Å²) in [6.07, 6.45) is 1.18. The number of hydrogen-bond donors (Lipinski definition) is 3. The minimum absolute atomic E-state index is 0.0832. The van der Waals surface area contributed by atoms with Gasteiger partial charge in [-0.05, 0) is 36.6 Å². The number of carbonyl (C=O) groups excluding carboxylic acids is 1. The molecule has 0 fully saturated rings. The third kappa shape index (κ3) is 4.53. The molecule has 0 aliphatic heterocycles. The van der Waals surface area contributed by atoms with Crippen LogP contribution in [-0.2, 0) is 0 Å². The van der Waals surface area contributed by atoms with Crippen molar-refractivity contribution >= 4 is 5.91 Å². The van der Waals surface area contributed by atoms with Gasteiger partial charge in [-0.25, -0.2) is 9.07 Å². The van der Waals surface area contributed by atoms with Gasteiger partial charge in [0.25, 0.3) is 5.91 Å². The molecule has 0 saturated heterocycles. The number of aromatic nitrogens is 2. The van der Waals surface area contributed by atoms with Gasteiger partial charge in [0.2, 0.25) is 0 Å². The maximum absolute atomic E-state index is 12.9. The summed E-state index contributed by atoms with van der Waals surface area (Å²) in [5.74, 6) is -0.938. The molecule has 1 aromatic heterocycles. The number of carbonyl (C=O) groups is 1. The lowest BCUT2D eigenvalue weighted by Crippen LogP contribution is -2.33. The Bertz CT molecular complexity index is 668. The summed E-state index contributed by atoms with van der Waals surface area (Å²) in [7, 11) is 0. The molecule has 2 rings (SSSR count). The summed E-state index contributed by atoms with van der Waals surface area (Å²) >= 11 is 0. The monoisotopic (exact) mass is 321 g/mol. The van der Waals surface area contributed by atoms with E-state index in [2.05, 4.69) is 10.4 Å². The molecule has 2 aromatic rings. The van der Waals surface area contributed by atoms with Gasteiger partial charge >= 0.3 is 0 Å². The van der Waals surface area contributed by atoms with E-state index in [0.29, 0.717) is 18.0 Å². The summed E-state index contributed by atoms with van der Waals surface area (Å²) in [4.78, 5) is 12.0. The molecule has 23 heavy (non-hydrogen) atoms. The summed E-state index contributed by atoms with van der Waals surface area (Å²) in [5.41, 5.74) is 0.367. The highest BCUT2D eigenvalue weighted by Gasteiger charge is 2.18. The molecule has 0 radical (unpaired) electrons. The van der Waals surface area contributed by atoms with Crippen LogP contribution in [0.1, 0.15) is 30.8 Å². The van der Waals surface area contributed by atoms with E-state index in [-0.39, 0.29) is 23.8 Å². The highest BCUT2D eigenvalue weighted by atomic mass is 19.1. The van der Waals surface area contributed by atoms with Crippen LogP contribution in [0.5, 0.6) is 5.75 Å². The molecule has 124 valence electrons. The van der Waals surface area contributed by atoms with Crippen molar-refractivity contribution in [3.8, 4) is 11.4 Å². The second-order valence-corrected chi connectivity index (χ2v) is 5.78. The van der Waals surface area contributed by atoms with Crippen LogP contribution in [0.3, 0.4) is 0 Å². The van der Waals surface area contributed by atoms with E-state index in [0.717, 1.165) is 0 Å². The van der Waals surface area contributed by atoms with Crippen LogP contribution < -0.4 is 5.32 Å². The van der Waals surface area contributed by atoms with Gasteiger partial charge in [0.15, 0.2) is 11.4 Å². The van der Waals surface area contributed by atoms with Crippen LogP contribution >= 0.6 is 0 Å². The average Bonchev–Trinajstić information content (AvgIpc) is 2.87. The molecule has 7 heteroatoms. The van der Waals surface area contributed by atoms with E-state index in [9.17, 15) is 19.4 Å². The third-order valence-electron chi connectivity index (χ3n) is 3.24. The van der Waals surface area contributed by atoms with Gasteiger partial charge in [0.1, 0.15) is 5.82 Å². The van der Waals surface area contributed by atoms with E-state index in [4.69, 9.17) is 0 Å². The van der Waals surface area contributed by atoms with Crippen molar-refractivity contribution in [3.05, 3.63) is 42.0 Å². The molecule has 0 aliphatic carbocycles. The number of aliphatic hydroxyl groups excluding tert-OH is 1. The Morgan fingerprint density at radius 3 is 2.61 bits per heavy atom. The van der Waals surface area contributed by atoms with E-state index < -0.39 is 12.0 Å². The smallest absolute Gasteiger partial charge is 0.275 e. The molecule has 1 amide bonds. The summed E-state index contributed by atoms with van der Waals surface area (Å²) < 4.78 is 14.2. The first-order valence-corrected chi connectivity index (χ1v) is 7.37. The van der Waals surface area contributed by atoms with Gasteiger partial charge in [-0.2, -0.15) is 5.10 Å². The number of hydrogen-bond acceptors (Lipinski definition) is 4. The number of aliphatic hydroxyl groups is 1. The van der Waals surface area contributed by atoms with Crippen molar-refractivity contribution in [3.63, 3.8) is 0 Å². The Labute approximate surface area is 133 Å². The first-order chi connectivity index (χ1) is 10.9. The topological polar surface area (TPSA) is 87.4 Å². The maximum Gasteiger partial charge on any atom is 0.275 e. The largest absolute Gasteiger partial charge is 0.504 e. The zero-order chi connectivity index (χ0) is 17.0. The lowest BCUT2D eigenvalue weighted by Gasteiger charge is -2.13. The summed E-state index contributed by atoms with van der Waals surface area (Å²) in [6, 6.07) is 5.48. The number of benzene rings is 1. The minimum atomic E-state index is -0.653. The van der Waals surface area contributed by atoms with Crippen molar-refractivity contribution in [1.29, 1.82) is 0 Å². The van der Waals surface area contributed by atoms with Gasteiger partial charge in [0, 0.05) is 6.54 Å². The van der Waals surface area contributed by atoms with E-state index in [1.807, 2.05) is 13.8 Å². The Morgan fingerprint density at radius 2 is 2.00 bits per heavy atom. The highest BCUT2D eigenvalue weighted by Crippen LogP contribution is 2.18. The zero-order valence-electron chi connectivity index (χ0n) is 13.0. The fourth-order valence-electron chi connectivity index (χ4n) is 2.17. The standard InChI is InChI=1S/C16H20FN3O3/c1-10(2)7-13(21)8-18-16(23)15-14(22)9-20(19-15)12-5-3-11(17)4-6-12/h3-6,9-10,13,21-22H,7-8H2,1-2H3,(H,18,23). The molecule has 1 aromatic carbocycles. The highest BCUT2D eigenvalue weighted by molar-refractivity contribution is 5.94. The quantitative estimate of drug-likeness (QED) is 0.758. The van der Waals surface area contributed by atoms with E-state index >= 15 is 0 Å². The van der Waals surface area contributed by atoms with Crippen molar-refractivity contribution in [2.45, 2.75) is 26.4 Å². The molecule has 3 N–H and O–H groups in total. The predicted octanol–water partition coefficient (Wildman–Crippen LogP) is 1.85. The van der Waals surface area contributed by atoms with Crippen LogP contribution in [0, 0.1) is 11.7 Å². The summed E-state index contributed by atoms with van der Waals surface area (Å²) in [5, 5.41) is 26.1. The van der Waals surface area contributed by atoms with Gasteiger partial charge < -0.3 is 15.5 Å². The lowest BCUT2D eigenvalue weighted by molar-refractivity contribution is 0.0892. The second-order valence-electron chi connectivity index (χ2n) is 5.78. The fourth-order valence-corrected chi connectivity index (χ4v) is 2.17. The van der Waals surface area contributed by atoms with Crippen LogP contribution in [0.4, 0.5) is 4.39 Å². The SMILES string of the molecule is CC(C)CC(O)CNC(=O)c1nn(-c2ccc(F)cc2)cc1O. The Balaban J connectivity index is 2.05. The van der Waals surface area contributed by atoms with E-state index in [1.165, 1.54) is 35.1 Å². The Morgan fingerprint density at radius 1 is 1.35 bits per heavy atom. The molecule has 0 saturated carbocycles. The molecule has 0 bridgehead atoms. The number of nitrogens with zero attached hydrogens (tertiary/aromatic N) is 2. The molecule has 0 aliphatic rings. The van der Waals surface area contributed by atoms with Crippen molar-refractivity contribution in [2.24, 2.45) is 5.92 Å². The van der Waals surface area contributed by atoms with Crippen LogP contribution in [0.15, 0.2) is 30.5 Å². The Kier molecular flexibility index (Phi) is 5.33. The van der Waals surface area contributed by atoms with Gasteiger partial charge in [-0.15, -0.1) is 0 Å². The fraction of sp³-hybridized carbons (Fsp3) is 0.375. The second kappa shape index (κ2) is 7.23. The zero-order valence-corrected chi connectivity index (χ0v) is 13.0. The maximum atomic E-state index is 12.9. The molecule has 1 heterocycles. The predicted molar refractivity (Wildman–Crippen MR) is 83.0 cm³/mol. The lowest BCUT2D eigenvalue weighted by atomic mass is 10.1. The number of halogens is 1. The molecule has 1 atom stereocenters. The van der Waals surface area contributed by atoms with Crippen molar-refractivity contribution < 1.29 is 19.4 Å². The number of amides is 1. The van der Waals surface area contributed by atoms with Crippen molar-refractivity contribution in [2.75, 3.05) is 6.54 Å². The van der Waals surface area contributed by atoms with Crippen LogP contribution in [-0.4, -0.2) is 38.5 Å². The minimum Gasteiger partial charge on any atom is -0.504 e. The first-order valence-electron chi connectivity index (χ1n) is 7.37. The van der Waals surface area contributed by atoms with Gasteiger partial charge in [0.05, 0.1) is 18.0 Å². The third-order valence-corrected chi connectivity index (χ3v) is 3.24. The normalized spacial score (nSPS) is 12.4. The molecule has 0 spiro atoms. The first kappa shape index (κ1) is 17.0. The van der Waals surface area contributed by atoms with Crippen molar-refractivity contribution in [1.82, 2.24) is 15.1 Å². The number of nitrogens with one attached hydrogen (secondary N) is 1. The van der Waals surface area contributed by atoms with Crippen LogP contribution in [0.2, 0.25) is 0 Å². The average molecular weight is 321 g/mol. The molecular weight excluding hydrogens is 301 g/mol. The number of aromatic hydroxyl groups is 1.